The number of nitrogens with two attached hydrogens (primary N) is 1. The first kappa shape index (κ1) is 16.0. The lowest BCUT2D eigenvalue weighted by Gasteiger charge is -2.05. The van der Waals surface area contributed by atoms with Gasteiger partial charge in [0.05, 0.1) is 12.2 Å². The maximum atomic E-state index is 12.1. The molecule has 0 aliphatic heterocycles. The molecule has 0 unspecified atom stereocenters. The second-order valence-corrected chi connectivity index (χ2v) is 6.13. The second kappa shape index (κ2) is 7.04. The number of aromatic nitrogens is 1. The number of urea groups is 1. The van der Waals surface area contributed by atoms with E-state index >= 15 is 0 Å². The van der Waals surface area contributed by atoms with Crippen molar-refractivity contribution >= 4 is 23.3 Å². The lowest BCUT2D eigenvalue weighted by Crippen LogP contribution is -2.28. The van der Waals surface area contributed by atoms with Crippen molar-refractivity contribution in [2.45, 2.75) is 26.9 Å². The molecule has 4 N–H and O–H groups in total. The summed E-state index contributed by atoms with van der Waals surface area (Å²) in [7, 11) is 0. The van der Waals surface area contributed by atoms with E-state index in [9.17, 15) is 9.59 Å². The number of carbonyl (C=O) groups is 2. The molecule has 0 atom stereocenters. The van der Waals surface area contributed by atoms with E-state index in [4.69, 9.17) is 5.73 Å². The fourth-order valence-electron chi connectivity index (χ4n) is 1.84. The minimum atomic E-state index is -0.573. The highest BCUT2D eigenvalue weighted by Gasteiger charge is 2.08. The van der Waals surface area contributed by atoms with Crippen LogP contribution in [0.4, 0.5) is 4.79 Å². The van der Waals surface area contributed by atoms with Gasteiger partial charge in [-0.15, -0.1) is 11.3 Å². The van der Waals surface area contributed by atoms with Crippen molar-refractivity contribution in [2.75, 3.05) is 0 Å². The van der Waals surface area contributed by atoms with E-state index in [0.717, 1.165) is 21.1 Å². The Morgan fingerprint density at radius 3 is 2.36 bits per heavy atom. The van der Waals surface area contributed by atoms with Crippen LogP contribution in [-0.4, -0.2) is 16.9 Å². The zero-order chi connectivity index (χ0) is 16.1. The van der Waals surface area contributed by atoms with Gasteiger partial charge in [0.1, 0.15) is 5.01 Å². The monoisotopic (exact) mass is 318 g/mol. The summed E-state index contributed by atoms with van der Waals surface area (Å²) in [5.41, 5.74) is 7.45. The second-order valence-electron chi connectivity index (χ2n) is 4.85. The summed E-state index contributed by atoms with van der Waals surface area (Å²) in [6.45, 7) is 4.73. The smallest absolute Gasteiger partial charge is 0.312 e. The number of aryl methyl sites for hydroxylation is 2. The number of benzene rings is 1. The Labute approximate surface area is 132 Å². The zero-order valence-corrected chi connectivity index (χ0v) is 13.3. The molecular weight excluding hydrogens is 300 g/mol. The molecular formula is C15H18N4O2S. The highest BCUT2D eigenvalue weighted by molar-refractivity contribution is 7.11. The maximum absolute atomic E-state index is 12.1. The Hall–Kier alpha value is -2.41. The van der Waals surface area contributed by atoms with Crippen LogP contribution in [0.15, 0.2) is 24.3 Å². The van der Waals surface area contributed by atoms with Gasteiger partial charge in [0.15, 0.2) is 0 Å². The number of hydrogen-bond donors (Lipinski definition) is 3. The molecule has 0 fully saturated rings. The number of primary amides is 1. The van der Waals surface area contributed by atoms with Crippen LogP contribution in [0.1, 0.15) is 31.5 Å². The van der Waals surface area contributed by atoms with Crippen LogP contribution in [0.5, 0.6) is 0 Å². The van der Waals surface area contributed by atoms with Crippen LogP contribution < -0.4 is 16.4 Å². The molecule has 1 aromatic carbocycles. The molecule has 6 nitrogen and oxygen atoms in total. The van der Waals surface area contributed by atoms with E-state index in [1.54, 1.807) is 35.6 Å². The van der Waals surface area contributed by atoms with Gasteiger partial charge in [-0.2, -0.15) is 0 Å². The Kier molecular flexibility index (Phi) is 5.11. The minimum absolute atomic E-state index is 0.153. The van der Waals surface area contributed by atoms with Gasteiger partial charge in [-0.05, 0) is 31.5 Å². The molecule has 22 heavy (non-hydrogen) atoms. The number of rotatable bonds is 5. The van der Waals surface area contributed by atoms with E-state index in [1.165, 1.54) is 0 Å². The van der Waals surface area contributed by atoms with Crippen LogP contribution in [-0.2, 0) is 13.1 Å². The van der Waals surface area contributed by atoms with Gasteiger partial charge in [-0.3, -0.25) is 4.79 Å². The largest absolute Gasteiger partial charge is 0.352 e. The predicted octanol–water partition coefficient (Wildman–Crippen LogP) is 1.86. The van der Waals surface area contributed by atoms with Crippen molar-refractivity contribution in [1.82, 2.24) is 15.6 Å². The Morgan fingerprint density at radius 1 is 1.14 bits per heavy atom. The first-order chi connectivity index (χ1) is 10.5. The van der Waals surface area contributed by atoms with Crippen LogP contribution in [0.3, 0.4) is 0 Å². The van der Waals surface area contributed by atoms with Crippen molar-refractivity contribution in [1.29, 1.82) is 0 Å². The molecule has 116 valence electrons. The van der Waals surface area contributed by atoms with Crippen LogP contribution in [0.2, 0.25) is 0 Å². The molecule has 7 heteroatoms. The molecule has 0 bridgehead atoms. The lowest BCUT2D eigenvalue weighted by atomic mass is 10.1. The van der Waals surface area contributed by atoms with Crippen molar-refractivity contribution < 1.29 is 9.59 Å². The average Bonchev–Trinajstić information content (AvgIpc) is 2.82. The molecule has 0 saturated heterocycles. The summed E-state index contributed by atoms with van der Waals surface area (Å²) >= 11 is 1.59. The molecule has 0 aliphatic carbocycles. The van der Waals surface area contributed by atoms with Gasteiger partial charge in [0, 0.05) is 17.0 Å². The van der Waals surface area contributed by atoms with E-state index in [1.807, 2.05) is 13.8 Å². The van der Waals surface area contributed by atoms with E-state index in [0.29, 0.717) is 18.7 Å². The van der Waals surface area contributed by atoms with Gasteiger partial charge < -0.3 is 16.4 Å². The van der Waals surface area contributed by atoms with Crippen LogP contribution in [0, 0.1) is 13.8 Å². The van der Waals surface area contributed by atoms with Gasteiger partial charge in [0.25, 0.3) is 5.91 Å². The van der Waals surface area contributed by atoms with Crippen molar-refractivity contribution in [2.24, 2.45) is 5.73 Å². The number of carbonyl (C=O) groups excluding carboxylic acids is 2. The molecule has 1 heterocycles. The van der Waals surface area contributed by atoms with Gasteiger partial charge in [0.2, 0.25) is 0 Å². The van der Waals surface area contributed by atoms with E-state index < -0.39 is 6.03 Å². The quantitative estimate of drug-likeness (QED) is 0.785. The van der Waals surface area contributed by atoms with Crippen LogP contribution >= 0.6 is 11.3 Å². The summed E-state index contributed by atoms with van der Waals surface area (Å²) < 4.78 is 0. The van der Waals surface area contributed by atoms with Crippen molar-refractivity contribution in [3.63, 3.8) is 0 Å². The molecule has 1 aromatic heterocycles. The van der Waals surface area contributed by atoms with Gasteiger partial charge in [-0.1, -0.05) is 12.1 Å². The molecule has 0 radical (unpaired) electrons. The third kappa shape index (κ3) is 4.29. The first-order valence-electron chi connectivity index (χ1n) is 6.79. The zero-order valence-electron chi connectivity index (χ0n) is 12.5. The minimum Gasteiger partial charge on any atom is -0.352 e. The molecule has 2 aromatic rings. The molecule has 0 aliphatic rings. The molecule has 2 rings (SSSR count). The summed E-state index contributed by atoms with van der Waals surface area (Å²) in [6.07, 6.45) is 0. The standard InChI is InChI=1S/C15H18N4O2S/c1-9-10(2)22-13(19-9)8-17-14(20)12-5-3-11(4-6-12)7-18-15(16)21/h3-6H,7-8H2,1-2H3,(H,17,20)(H3,16,18,21). The fourth-order valence-corrected chi connectivity index (χ4v) is 2.71. The summed E-state index contributed by atoms with van der Waals surface area (Å²) in [6, 6.07) is 6.42. The third-order valence-electron chi connectivity index (χ3n) is 3.16. The van der Waals surface area contributed by atoms with Crippen LogP contribution in [0.25, 0.3) is 0 Å². The fraction of sp³-hybridized carbons (Fsp3) is 0.267. The highest BCUT2D eigenvalue weighted by Crippen LogP contribution is 2.16. The molecule has 3 amide bonds. The Bertz CT molecular complexity index is 660. The van der Waals surface area contributed by atoms with E-state index in [-0.39, 0.29) is 5.91 Å². The summed E-state index contributed by atoms with van der Waals surface area (Å²) in [5, 5.41) is 6.23. The van der Waals surface area contributed by atoms with Crippen molar-refractivity contribution in [3.8, 4) is 0 Å². The average molecular weight is 318 g/mol. The predicted molar refractivity (Wildman–Crippen MR) is 85.6 cm³/mol. The molecule has 0 spiro atoms. The number of nitrogens with one attached hydrogen (secondary N) is 2. The number of amides is 3. The lowest BCUT2D eigenvalue weighted by molar-refractivity contribution is 0.0951. The van der Waals surface area contributed by atoms with Crippen molar-refractivity contribution in [3.05, 3.63) is 51.0 Å². The van der Waals surface area contributed by atoms with Gasteiger partial charge >= 0.3 is 6.03 Å². The Balaban J connectivity index is 1.90. The SMILES string of the molecule is Cc1nc(CNC(=O)c2ccc(CNC(N)=O)cc2)sc1C. The number of thiazole rings is 1. The number of nitrogens with zero attached hydrogens (tertiary/aromatic N) is 1. The first-order valence-corrected chi connectivity index (χ1v) is 7.60. The highest BCUT2D eigenvalue weighted by atomic mass is 32.1. The third-order valence-corrected chi connectivity index (χ3v) is 4.23. The number of hydrogen-bond acceptors (Lipinski definition) is 4. The van der Waals surface area contributed by atoms with Gasteiger partial charge in [-0.25, -0.2) is 9.78 Å². The maximum Gasteiger partial charge on any atom is 0.312 e. The Morgan fingerprint density at radius 2 is 1.82 bits per heavy atom. The molecule has 0 saturated carbocycles. The summed E-state index contributed by atoms with van der Waals surface area (Å²) in [5.74, 6) is -0.153. The topological polar surface area (TPSA) is 97.1 Å². The summed E-state index contributed by atoms with van der Waals surface area (Å²) in [4.78, 5) is 28.2. The van der Waals surface area contributed by atoms with E-state index in [2.05, 4.69) is 15.6 Å². The normalized spacial score (nSPS) is 10.3.